The number of hydrogen-bond acceptors (Lipinski definition) is 3. The van der Waals surface area contributed by atoms with Gasteiger partial charge >= 0.3 is 0 Å². The lowest BCUT2D eigenvalue weighted by molar-refractivity contribution is 0.0928. The van der Waals surface area contributed by atoms with E-state index < -0.39 is 0 Å². The van der Waals surface area contributed by atoms with Crippen molar-refractivity contribution in [3.05, 3.63) is 34.5 Å². The van der Waals surface area contributed by atoms with Crippen LogP contribution in [0.3, 0.4) is 0 Å². The Balaban J connectivity index is 2.15. The maximum Gasteiger partial charge on any atom is 0.287 e. The van der Waals surface area contributed by atoms with Gasteiger partial charge in [-0.2, -0.15) is 0 Å². The minimum atomic E-state index is -0.187. The molecule has 1 aromatic carbocycles. The fraction of sp³-hybridized carbons (Fsp3) is 0.250. The van der Waals surface area contributed by atoms with Crippen LogP contribution in [0.2, 0.25) is 0 Å². The van der Waals surface area contributed by atoms with Crippen LogP contribution in [0.4, 0.5) is 0 Å². The summed E-state index contributed by atoms with van der Waals surface area (Å²) in [7, 11) is 1.84. The van der Waals surface area contributed by atoms with Gasteiger partial charge in [-0.05, 0) is 31.3 Å². The number of furan rings is 1. The molecule has 0 saturated carbocycles. The van der Waals surface area contributed by atoms with E-state index in [4.69, 9.17) is 4.42 Å². The number of carbonyl (C=O) groups is 1. The summed E-state index contributed by atoms with van der Waals surface area (Å²) in [6.07, 6.45) is 0. The standard InChI is InChI=1S/C12H13BrN2O2/c1-14-4-5-15-12(16)11-7-8-6-9(13)2-3-10(8)17-11/h2-3,6-7,14H,4-5H2,1H3,(H,15,16). The van der Waals surface area contributed by atoms with Crippen molar-refractivity contribution < 1.29 is 9.21 Å². The second-order valence-corrected chi connectivity index (χ2v) is 4.57. The van der Waals surface area contributed by atoms with Gasteiger partial charge in [0.2, 0.25) is 0 Å². The molecule has 0 atom stereocenters. The van der Waals surface area contributed by atoms with E-state index >= 15 is 0 Å². The molecule has 1 heterocycles. The zero-order chi connectivity index (χ0) is 12.3. The minimum absolute atomic E-state index is 0.187. The van der Waals surface area contributed by atoms with Crippen molar-refractivity contribution in [3.63, 3.8) is 0 Å². The molecule has 0 spiro atoms. The first kappa shape index (κ1) is 12.1. The highest BCUT2D eigenvalue weighted by Gasteiger charge is 2.11. The van der Waals surface area contributed by atoms with E-state index in [-0.39, 0.29) is 5.91 Å². The molecule has 1 amide bonds. The Morgan fingerprint density at radius 2 is 2.18 bits per heavy atom. The maximum atomic E-state index is 11.7. The molecule has 0 aliphatic carbocycles. The molecule has 0 aliphatic rings. The van der Waals surface area contributed by atoms with Gasteiger partial charge in [0.15, 0.2) is 5.76 Å². The van der Waals surface area contributed by atoms with Gasteiger partial charge in [0.05, 0.1) is 0 Å². The molecule has 0 radical (unpaired) electrons. The van der Waals surface area contributed by atoms with Gasteiger partial charge in [0.25, 0.3) is 5.91 Å². The van der Waals surface area contributed by atoms with Gasteiger partial charge in [-0.1, -0.05) is 15.9 Å². The highest BCUT2D eigenvalue weighted by atomic mass is 79.9. The quantitative estimate of drug-likeness (QED) is 0.850. The number of amides is 1. The van der Waals surface area contributed by atoms with Crippen molar-refractivity contribution in [2.75, 3.05) is 20.1 Å². The predicted octanol–water partition coefficient (Wildman–Crippen LogP) is 2.14. The van der Waals surface area contributed by atoms with E-state index in [0.717, 1.165) is 16.4 Å². The topological polar surface area (TPSA) is 54.3 Å². The first-order chi connectivity index (χ1) is 8.20. The van der Waals surface area contributed by atoms with Crippen LogP contribution in [-0.4, -0.2) is 26.0 Å². The SMILES string of the molecule is CNCCNC(=O)c1cc2cc(Br)ccc2o1. The van der Waals surface area contributed by atoms with Crippen molar-refractivity contribution in [1.82, 2.24) is 10.6 Å². The van der Waals surface area contributed by atoms with Gasteiger partial charge in [0.1, 0.15) is 5.58 Å². The smallest absolute Gasteiger partial charge is 0.287 e. The number of carbonyl (C=O) groups excluding carboxylic acids is 1. The number of likely N-dealkylation sites (N-methyl/N-ethyl adjacent to an activating group) is 1. The third-order valence-corrected chi connectivity index (χ3v) is 2.86. The maximum absolute atomic E-state index is 11.7. The average Bonchev–Trinajstić information content (AvgIpc) is 2.72. The molecule has 2 rings (SSSR count). The Labute approximate surface area is 107 Å². The molecule has 0 fully saturated rings. The Hall–Kier alpha value is -1.33. The second kappa shape index (κ2) is 5.33. The number of fused-ring (bicyclic) bond motifs is 1. The van der Waals surface area contributed by atoms with Crippen molar-refractivity contribution in [2.24, 2.45) is 0 Å². The zero-order valence-electron chi connectivity index (χ0n) is 9.42. The van der Waals surface area contributed by atoms with Gasteiger partial charge in [0, 0.05) is 22.9 Å². The molecule has 0 saturated heterocycles. The Morgan fingerprint density at radius 1 is 1.35 bits per heavy atom. The normalized spacial score (nSPS) is 10.7. The lowest BCUT2D eigenvalue weighted by atomic mass is 10.2. The molecule has 1 aromatic heterocycles. The average molecular weight is 297 g/mol. The highest BCUT2D eigenvalue weighted by Crippen LogP contribution is 2.23. The molecular formula is C12H13BrN2O2. The van der Waals surface area contributed by atoms with Crippen LogP contribution in [0.5, 0.6) is 0 Å². The molecule has 90 valence electrons. The minimum Gasteiger partial charge on any atom is -0.451 e. The Kier molecular flexibility index (Phi) is 3.81. The van der Waals surface area contributed by atoms with Crippen molar-refractivity contribution in [2.45, 2.75) is 0 Å². The summed E-state index contributed by atoms with van der Waals surface area (Å²) in [4.78, 5) is 11.7. The highest BCUT2D eigenvalue weighted by molar-refractivity contribution is 9.10. The molecule has 2 aromatic rings. The van der Waals surface area contributed by atoms with Crippen LogP contribution < -0.4 is 10.6 Å². The molecule has 2 N–H and O–H groups in total. The van der Waals surface area contributed by atoms with Crippen LogP contribution in [0, 0.1) is 0 Å². The van der Waals surface area contributed by atoms with Crippen LogP contribution in [-0.2, 0) is 0 Å². The van der Waals surface area contributed by atoms with E-state index in [1.807, 2.05) is 25.2 Å². The molecule has 0 aliphatic heterocycles. The van der Waals surface area contributed by atoms with Crippen LogP contribution in [0.1, 0.15) is 10.6 Å². The summed E-state index contributed by atoms with van der Waals surface area (Å²) in [5.74, 6) is 0.154. The van der Waals surface area contributed by atoms with E-state index in [0.29, 0.717) is 17.9 Å². The van der Waals surface area contributed by atoms with Gasteiger partial charge in [-0.25, -0.2) is 0 Å². The van der Waals surface area contributed by atoms with Gasteiger partial charge in [-0.15, -0.1) is 0 Å². The molecule has 17 heavy (non-hydrogen) atoms. The van der Waals surface area contributed by atoms with Crippen LogP contribution in [0.15, 0.2) is 33.2 Å². The third-order valence-electron chi connectivity index (χ3n) is 2.36. The van der Waals surface area contributed by atoms with E-state index in [1.54, 1.807) is 6.07 Å². The number of halogens is 1. The van der Waals surface area contributed by atoms with Crippen molar-refractivity contribution >= 4 is 32.8 Å². The lowest BCUT2D eigenvalue weighted by Crippen LogP contribution is -2.30. The number of hydrogen-bond donors (Lipinski definition) is 2. The Bertz CT molecular complexity index is 536. The largest absolute Gasteiger partial charge is 0.451 e. The molecule has 5 heteroatoms. The molecular weight excluding hydrogens is 284 g/mol. The van der Waals surface area contributed by atoms with Crippen LogP contribution in [0.25, 0.3) is 11.0 Å². The molecule has 0 unspecified atom stereocenters. The summed E-state index contributed by atoms with van der Waals surface area (Å²) in [6, 6.07) is 7.39. The monoisotopic (exact) mass is 296 g/mol. The summed E-state index contributed by atoms with van der Waals surface area (Å²) in [5, 5.41) is 6.64. The predicted molar refractivity (Wildman–Crippen MR) is 70.2 cm³/mol. The van der Waals surface area contributed by atoms with Gasteiger partial charge in [-0.3, -0.25) is 4.79 Å². The van der Waals surface area contributed by atoms with Crippen molar-refractivity contribution in [3.8, 4) is 0 Å². The summed E-state index contributed by atoms with van der Waals surface area (Å²) >= 11 is 3.38. The first-order valence-electron chi connectivity index (χ1n) is 5.32. The molecule has 0 bridgehead atoms. The third kappa shape index (κ3) is 2.87. The van der Waals surface area contributed by atoms with Crippen LogP contribution >= 0.6 is 15.9 Å². The summed E-state index contributed by atoms with van der Waals surface area (Å²) in [5.41, 5.74) is 0.715. The van der Waals surface area contributed by atoms with E-state index in [9.17, 15) is 4.79 Å². The fourth-order valence-electron chi connectivity index (χ4n) is 1.51. The summed E-state index contributed by atoms with van der Waals surface area (Å²) < 4.78 is 6.43. The number of nitrogens with one attached hydrogen (secondary N) is 2. The zero-order valence-corrected chi connectivity index (χ0v) is 11.0. The van der Waals surface area contributed by atoms with Crippen molar-refractivity contribution in [1.29, 1.82) is 0 Å². The summed E-state index contributed by atoms with van der Waals surface area (Å²) in [6.45, 7) is 1.31. The van der Waals surface area contributed by atoms with E-state index in [2.05, 4.69) is 26.6 Å². The Morgan fingerprint density at radius 3 is 2.94 bits per heavy atom. The van der Waals surface area contributed by atoms with Gasteiger partial charge < -0.3 is 15.1 Å². The first-order valence-corrected chi connectivity index (χ1v) is 6.12. The number of benzene rings is 1. The van der Waals surface area contributed by atoms with E-state index in [1.165, 1.54) is 0 Å². The lowest BCUT2D eigenvalue weighted by Gasteiger charge is -2.00. The second-order valence-electron chi connectivity index (χ2n) is 3.65. The number of rotatable bonds is 4. The fourth-order valence-corrected chi connectivity index (χ4v) is 1.89. The molecule has 4 nitrogen and oxygen atoms in total.